The maximum atomic E-state index is 12.1. The smallest absolute Gasteiger partial charge is 0.251 e. The van der Waals surface area contributed by atoms with Crippen LogP contribution in [0, 0.1) is 0 Å². The Morgan fingerprint density at radius 3 is 2.73 bits per heavy atom. The van der Waals surface area contributed by atoms with Gasteiger partial charge in [-0.15, -0.1) is 0 Å². The fourth-order valence-electron chi connectivity index (χ4n) is 1.79. The Bertz CT molecular complexity index is 620. The molecular weight excluding hydrogens is 280 g/mol. The molecule has 0 spiro atoms. The van der Waals surface area contributed by atoms with E-state index in [0.717, 1.165) is 11.3 Å². The van der Waals surface area contributed by atoms with E-state index in [1.54, 1.807) is 35.3 Å². The lowest BCUT2D eigenvalue weighted by molar-refractivity contribution is 0.0948. The number of nitrogens with zero attached hydrogens (tertiary/aromatic N) is 3. The third-order valence-electron chi connectivity index (χ3n) is 3.05. The van der Waals surface area contributed by atoms with Crippen LogP contribution in [-0.2, 0) is 0 Å². The average molecular weight is 300 g/mol. The van der Waals surface area contributed by atoms with E-state index in [4.69, 9.17) is 4.74 Å². The second-order valence-electron chi connectivity index (χ2n) is 5.20. The molecule has 1 aromatic heterocycles. The van der Waals surface area contributed by atoms with Crippen LogP contribution in [0.25, 0.3) is 0 Å². The van der Waals surface area contributed by atoms with E-state index in [2.05, 4.69) is 22.0 Å². The lowest BCUT2D eigenvalue weighted by Gasteiger charge is -2.13. The number of carbonyl (C=O) groups is 1. The van der Waals surface area contributed by atoms with E-state index in [0.29, 0.717) is 18.7 Å². The van der Waals surface area contributed by atoms with Crippen molar-refractivity contribution >= 4 is 5.91 Å². The number of hydrogen-bond acceptors (Lipinski definition) is 4. The second kappa shape index (κ2) is 7.40. The van der Waals surface area contributed by atoms with E-state index in [1.807, 2.05) is 13.8 Å². The lowest BCUT2D eigenvalue weighted by atomic mass is 10.2. The SMILES string of the molecule is C=C(C)COc1ccc(C(=O)NCC(C)n2cncn2)cc1. The maximum absolute atomic E-state index is 12.1. The van der Waals surface area contributed by atoms with Gasteiger partial charge in [-0.25, -0.2) is 9.67 Å². The molecule has 1 aromatic carbocycles. The molecule has 0 saturated carbocycles. The molecule has 0 radical (unpaired) electrons. The van der Waals surface area contributed by atoms with E-state index in [-0.39, 0.29) is 11.9 Å². The van der Waals surface area contributed by atoms with Gasteiger partial charge >= 0.3 is 0 Å². The first-order valence-corrected chi connectivity index (χ1v) is 7.06. The zero-order valence-corrected chi connectivity index (χ0v) is 12.8. The third kappa shape index (κ3) is 4.44. The van der Waals surface area contributed by atoms with Crippen LogP contribution in [0.15, 0.2) is 49.1 Å². The third-order valence-corrected chi connectivity index (χ3v) is 3.05. The van der Waals surface area contributed by atoms with Crippen molar-refractivity contribution < 1.29 is 9.53 Å². The molecule has 0 bridgehead atoms. The van der Waals surface area contributed by atoms with Gasteiger partial charge in [-0.2, -0.15) is 5.10 Å². The molecule has 0 aliphatic rings. The van der Waals surface area contributed by atoms with Crippen molar-refractivity contribution in [3.05, 3.63) is 54.6 Å². The van der Waals surface area contributed by atoms with Crippen LogP contribution in [0.2, 0.25) is 0 Å². The van der Waals surface area contributed by atoms with Gasteiger partial charge < -0.3 is 10.1 Å². The maximum Gasteiger partial charge on any atom is 0.251 e. The highest BCUT2D eigenvalue weighted by atomic mass is 16.5. The minimum Gasteiger partial charge on any atom is -0.489 e. The van der Waals surface area contributed by atoms with Crippen LogP contribution in [0.3, 0.4) is 0 Å². The molecule has 6 heteroatoms. The Kier molecular flexibility index (Phi) is 5.30. The first-order valence-electron chi connectivity index (χ1n) is 7.06. The summed E-state index contributed by atoms with van der Waals surface area (Å²) in [6.07, 6.45) is 3.10. The molecule has 1 N–H and O–H groups in total. The van der Waals surface area contributed by atoms with Crippen LogP contribution < -0.4 is 10.1 Å². The number of amides is 1. The number of ether oxygens (including phenoxy) is 1. The molecule has 0 fully saturated rings. The Hall–Kier alpha value is -2.63. The largest absolute Gasteiger partial charge is 0.489 e. The molecule has 1 heterocycles. The van der Waals surface area contributed by atoms with Crippen molar-refractivity contribution in [3.8, 4) is 5.75 Å². The van der Waals surface area contributed by atoms with Crippen LogP contribution >= 0.6 is 0 Å². The summed E-state index contributed by atoms with van der Waals surface area (Å²) in [6, 6.07) is 7.08. The summed E-state index contributed by atoms with van der Waals surface area (Å²) >= 11 is 0. The summed E-state index contributed by atoms with van der Waals surface area (Å²) in [5, 5.41) is 6.92. The van der Waals surface area contributed by atoms with Crippen molar-refractivity contribution in [2.75, 3.05) is 13.2 Å². The van der Waals surface area contributed by atoms with Crippen LogP contribution in [0.5, 0.6) is 5.75 Å². The van der Waals surface area contributed by atoms with E-state index in [9.17, 15) is 4.79 Å². The van der Waals surface area contributed by atoms with Gasteiger partial charge in [-0.1, -0.05) is 6.58 Å². The minimum atomic E-state index is -0.126. The van der Waals surface area contributed by atoms with Gasteiger partial charge in [0.25, 0.3) is 5.91 Å². The molecule has 1 atom stereocenters. The van der Waals surface area contributed by atoms with Crippen molar-refractivity contribution in [1.82, 2.24) is 20.1 Å². The van der Waals surface area contributed by atoms with E-state index >= 15 is 0 Å². The molecule has 2 aromatic rings. The topological polar surface area (TPSA) is 69.0 Å². The van der Waals surface area contributed by atoms with Crippen LogP contribution in [0.4, 0.5) is 0 Å². The Balaban J connectivity index is 1.85. The minimum absolute atomic E-state index is 0.0459. The summed E-state index contributed by atoms with van der Waals surface area (Å²) in [5.41, 5.74) is 1.54. The van der Waals surface area contributed by atoms with E-state index < -0.39 is 0 Å². The van der Waals surface area contributed by atoms with Crippen molar-refractivity contribution in [2.24, 2.45) is 0 Å². The second-order valence-corrected chi connectivity index (χ2v) is 5.20. The van der Waals surface area contributed by atoms with Gasteiger partial charge in [0.05, 0.1) is 6.04 Å². The first-order chi connectivity index (χ1) is 10.6. The molecule has 1 unspecified atom stereocenters. The molecule has 116 valence electrons. The number of nitrogens with one attached hydrogen (secondary N) is 1. The van der Waals surface area contributed by atoms with Gasteiger partial charge in [0.2, 0.25) is 0 Å². The van der Waals surface area contributed by atoms with E-state index in [1.165, 1.54) is 6.33 Å². The molecule has 2 rings (SSSR count). The fourth-order valence-corrected chi connectivity index (χ4v) is 1.79. The number of benzene rings is 1. The summed E-state index contributed by atoms with van der Waals surface area (Å²) < 4.78 is 7.20. The van der Waals surface area contributed by atoms with Crippen LogP contribution in [0.1, 0.15) is 30.2 Å². The summed E-state index contributed by atoms with van der Waals surface area (Å²) in [4.78, 5) is 16.0. The van der Waals surface area contributed by atoms with Gasteiger partial charge in [-0.3, -0.25) is 4.79 Å². The number of carbonyl (C=O) groups excluding carboxylic acids is 1. The van der Waals surface area contributed by atoms with Gasteiger partial charge in [-0.05, 0) is 43.7 Å². The first kappa shape index (κ1) is 15.8. The molecule has 0 aliphatic heterocycles. The molecule has 6 nitrogen and oxygen atoms in total. The molecule has 22 heavy (non-hydrogen) atoms. The highest BCUT2D eigenvalue weighted by molar-refractivity contribution is 5.94. The zero-order chi connectivity index (χ0) is 15.9. The molecule has 0 saturated heterocycles. The summed E-state index contributed by atoms with van der Waals surface area (Å²) in [7, 11) is 0. The summed E-state index contributed by atoms with van der Waals surface area (Å²) in [5.74, 6) is 0.592. The number of aromatic nitrogens is 3. The van der Waals surface area contributed by atoms with Gasteiger partial charge in [0, 0.05) is 12.1 Å². The highest BCUT2D eigenvalue weighted by Gasteiger charge is 2.09. The van der Waals surface area contributed by atoms with Gasteiger partial charge in [0.1, 0.15) is 25.0 Å². The monoisotopic (exact) mass is 300 g/mol. The molecule has 0 aliphatic carbocycles. The van der Waals surface area contributed by atoms with Crippen molar-refractivity contribution in [2.45, 2.75) is 19.9 Å². The Morgan fingerprint density at radius 1 is 1.41 bits per heavy atom. The quantitative estimate of drug-likeness (QED) is 0.796. The lowest BCUT2D eigenvalue weighted by Crippen LogP contribution is -2.29. The molecule has 1 amide bonds. The van der Waals surface area contributed by atoms with Crippen LogP contribution in [-0.4, -0.2) is 33.8 Å². The molecular formula is C16H20N4O2. The van der Waals surface area contributed by atoms with Gasteiger partial charge in [0.15, 0.2) is 0 Å². The predicted octanol–water partition coefficient (Wildman–Crippen LogP) is 2.22. The zero-order valence-electron chi connectivity index (χ0n) is 12.8. The number of hydrogen-bond donors (Lipinski definition) is 1. The van der Waals surface area contributed by atoms with Crippen molar-refractivity contribution in [3.63, 3.8) is 0 Å². The Morgan fingerprint density at radius 2 is 2.14 bits per heavy atom. The Labute approximate surface area is 129 Å². The fraction of sp³-hybridized carbons (Fsp3) is 0.312. The standard InChI is InChI=1S/C16H20N4O2/c1-12(2)9-22-15-6-4-14(5-7-15)16(21)18-8-13(3)20-11-17-10-19-20/h4-7,10-11,13H,1,8-9H2,2-3H3,(H,18,21). The number of rotatable bonds is 7. The van der Waals surface area contributed by atoms with Crippen molar-refractivity contribution in [1.29, 1.82) is 0 Å². The normalized spacial score (nSPS) is 11.7. The summed E-state index contributed by atoms with van der Waals surface area (Å²) in [6.45, 7) is 8.60. The predicted molar refractivity (Wildman–Crippen MR) is 83.8 cm³/mol. The average Bonchev–Trinajstić information content (AvgIpc) is 3.05. The highest BCUT2D eigenvalue weighted by Crippen LogP contribution is 2.13.